The van der Waals surface area contributed by atoms with Crippen LogP contribution in [0.25, 0.3) is 10.9 Å². The quantitative estimate of drug-likeness (QED) is 0.405. The number of ether oxygens (including phenoxy) is 2. The molecule has 0 spiro atoms. The summed E-state index contributed by atoms with van der Waals surface area (Å²) in [7, 11) is 0. The monoisotopic (exact) mass is 393 g/mol. The molecule has 0 aliphatic carbocycles. The zero-order chi connectivity index (χ0) is 19.5. The molecule has 28 heavy (non-hydrogen) atoms. The number of hydrazone groups is 1. The first-order valence-corrected chi connectivity index (χ1v) is 9.79. The van der Waals surface area contributed by atoms with E-state index in [2.05, 4.69) is 21.6 Å². The maximum absolute atomic E-state index is 12.2. The number of aryl methyl sites for hydroxylation is 2. The molecule has 0 saturated heterocycles. The number of nitrogens with one attached hydrogen (secondary N) is 1. The van der Waals surface area contributed by atoms with Crippen LogP contribution in [-0.4, -0.2) is 29.7 Å². The van der Waals surface area contributed by atoms with Gasteiger partial charge in [0.25, 0.3) is 0 Å². The lowest BCUT2D eigenvalue weighted by molar-refractivity contribution is -0.118. The van der Waals surface area contributed by atoms with Crippen LogP contribution in [0.15, 0.2) is 52.5 Å². The van der Waals surface area contributed by atoms with Crippen molar-refractivity contribution in [2.24, 2.45) is 5.10 Å². The number of carbonyl (C=O) groups is 1. The molecule has 3 aromatic rings. The topological polar surface area (TPSA) is 72.8 Å². The Morgan fingerprint density at radius 1 is 1.18 bits per heavy atom. The summed E-state index contributed by atoms with van der Waals surface area (Å²) in [6.45, 7) is 4.23. The van der Waals surface area contributed by atoms with E-state index in [1.54, 1.807) is 6.21 Å². The maximum atomic E-state index is 12.2. The van der Waals surface area contributed by atoms with Crippen molar-refractivity contribution < 1.29 is 14.3 Å². The molecule has 1 N–H and O–H groups in total. The van der Waals surface area contributed by atoms with Gasteiger partial charge in [0, 0.05) is 16.0 Å². The standard InChI is InChI=1S/C21H19N3O3S/c1-13-3-5-17-16(7-13)20(8-14(2)23-17)28-11-21(25)24-22-10-15-4-6-18-19(9-15)27-12-26-18/h3-10H,11-12H2,1-2H3,(H,24,25). The molecule has 0 bridgehead atoms. The first-order valence-electron chi connectivity index (χ1n) is 8.81. The zero-order valence-corrected chi connectivity index (χ0v) is 16.4. The van der Waals surface area contributed by atoms with E-state index < -0.39 is 0 Å². The fourth-order valence-electron chi connectivity index (χ4n) is 2.90. The highest BCUT2D eigenvalue weighted by Crippen LogP contribution is 2.32. The molecule has 1 amide bonds. The number of thioether (sulfide) groups is 1. The van der Waals surface area contributed by atoms with E-state index in [1.807, 2.05) is 50.2 Å². The van der Waals surface area contributed by atoms with Gasteiger partial charge >= 0.3 is 0 Å². The molecule has 0 atom stereocenters. The van der Waals surface area contributed by atoms with Gasteiger partial charge in [-0.25, -0.2) is 5.43 Å². The minimum atomic E-state index is -0.169. The van der Waals surface area contributed by atoms with Gasteiger partial charge in [0.1, 0.15) is 0 Å². The van der Waals surface area contributed by atoms with E-state index in [4.69, 9.17) is 9.47 Å². The predicted octanol–water partition coefficient (Wildman–Crippen LogP) is 3.82. The number of nitrogens with zero attached hydrogens (tertiary/aromatic N) is 2. The Hall–Kier alpha value is -3.06. The van der Waals surface area contributed by atoms with Crippen LogP contribution in [0.1, 0.15) is 16.8 Å². The lowest BCUT2D eigenvalue weighted by atomic mass is 10.1. The van der Waals surface area contributed by atoms with Gasteiger partial charge < -0.3 is 9.47 Å². The van der Waals surface area contributed by atoms with Gasteiger partial charge in [0.05, 0.1) is 17.5 Å². The fourth-order valence-corrected chi connectivity index (χ4v) is 3.83. The number of benzene rings is 2. The Morgan fingerprint density at radius 3 is 2.93 bits per heavy atom. The van der Waals surface area contributed by atoms with E-state index in [1.165, 1.54) is 11.8 Å². The Morgan fingerprint density at radius 2 is 2.04 bits per heavy atom. The third kappa shape index (κ3) is 4.09. The second-order valence-electron chi connectivity index (χ2n) is 6.48. The van der Waals surface area contributed by atoms with Gasteiger partial charge in [0.15, 0.2) is 11.5 Å². The summed E-state index contributed by atoms with van der Waals surface area (Å²) in [6, 6.07) is 13.7. The van der Waals surface area contributed by atoms with Crippen LogP contribution in [0, 0.1) is 13.8 Å². The van der Waals surface area contributed by atoms with Crippen molar-refractivity contribution >= 4 is 34.8 Å². The van der Waals surface area contributed by atoms with E-state index in [0.717, 1.165) is 32.6 Å². The number of hydrogen-bond acceptors (Lipinski definition) is 6. The van der Waals surface area contributed by atoms with Gasteiger partial charge in [-0.05, 0) is 55.8 Å². The van der Waals surface area contributed by atoms with E-state index in [-0.39, 0.29) is 18.5 Å². The molecule has 0 unspecified atom stereocenters. The summed E-state index contributed by atoms with van der Waals surface area (Å²) in [4.78, 5) is 17.8. The number of rotatable bonds is 5. The van der Waals surface area contributed by atoms with Crippen LogP contribution < -0.4 is 14.9 Å². The first-order chi connectivity index (χ1) is 13.6. The van der Waals surface area contributed by atoms with Crippen LogP contribution in [0.2, 0.25) is 0 Å². The minimum absolute atomic E-state index is 0.169. The molecule has 1 aliphatic rings. The average Bonchev–Trinajstić information content (AvgIpc) is 3.14. The van der Waals surface area contributed by atoms with Crippen molar-refractivity contribution in [2.45, 2.75) is 18.7 Å². The zero-order valence-electron chi connectivity index (χ0n) is 15.6. The van der Waals surface area contributed by atoms with Crippen molar-refractivity contribution in [2.75, 3.05) is 12.5 Å². The van der Waals surface area contributed by atoms with Crippen molar-refractivity contribution in [3.05, 3.63) is 59.3 Å². The SMILES string of the molecule is Cc1ccc2nc(C)cc(SCC(=O)NN=Cc3ccc4c(c3)OCO4)c2c1. The number of amides is 1. The van der Waals surface area contributed by atoms with Gasteiger partial charge in [0.2, 0.25) is 12.7 Å². The van der Waals surface area contributed by atoms with Crippen LogP contribution in [0.5, 0.6) is 11.5 Å². The second kappa shape index (κ2) is 7.90. The van der Waals surface area contributed by atoms with Crippen LogP contribution in [0.4, 0.5) is 0 Å². The third-order valence-electron chi connectivity index (χ3n) is 4.21. The molecular formula is C21H19N3O3S. The molecule has 4 rings (SSSR count). The summed E-state index contributed by atoms with van der Waals surface area (Å²) < 4.78 is 10.6. The molecule has 7 heteroatoms. The maximum Gasteiger partial charge on any atom is 0.250 e. The molecule has 1 aliphatic heterocycles. The van der Waals surface area contributed by atoms with Gasteiger partial charge in [-0.1, -0.05) is 11.6 Å². The molecule has 1 aromatic heterocycles. The smallest absolute Gasteiger partial charge is 0.250 e. The van der Waals surface area contributed by atoms with E-state index >= 15 is 0 Å². The second-order valence-corrected chi connectivity index (χ2v) is 7.49. The molecular weight excluding hydrogens is 374 g/mol. The van der Waals surface area contributed by atoms with Crippen LogP contribution >= 0.6 is 11.8 Å². The number of carbonyl (C=O) groups excluding carboxylic acids is 1. The Labute approximate surface area is 167 Å². The Bertz CT molecular complexity index is 1080. The first kappa shape index (κ1) is 18.3. The predicted molar refractivity (Wildman–Crippen MR) is 110 cm³/mol. The molecule has 2 aromatic carbocycles. The van der Waals surface area contributed by atoms with Crippen molar-refractivity contribution in [3.8, 4) is 11.5 Å². The highest BCUT2D eigenvalue weighted by atomic mass is 32.2. The lowest BCUT2D eigenvalue weighted by Gasteiger charge is -2.08. The summed E-state index contributed by atoms with van der Waals surface area (Å²) in [5.41, 5.74) is 6.42. The molecule has 0 fully saturated rings. The van der Waals surface area contributed by atoms with E-state index in [9.17, 15) is 4.79 Å². The largest absolute Gasteiger partial charge is 0.454 e. The minimum Gasteiger partial charge on any atom is -0.454 e. The molecule has 2 heterocycles. The molecule has 142 valence electrons. The Balaban J connectivity index is 1.38. The van der Waals surface area contributed by atoms with Crippen LogP contribution in [-0.2, 0) is 4.79 Å². The van der Waals surface area contributed by atoms with Crippen molar-refractivity contribution in [1.29, 1.82) is 0 Å². The molecule has 0 saturated carbocycles. The number of pyridine rings is 1. The van der Waals surface area contributed by atoms with Crippen molar-refractivity contribution in [3.63, 3.8) is 0 Å². The Kier molecular flexibility index (Phi) is 5.16. The average molecular weight is 393 g/mol. The highest BCUT2D eigenvalue weighted by molar-refractivity contribution is 8.00. The van der Waals surface area contributed by atoms with Gasteiger partial charge in [-0.15, -0.1) is 11.8 Å². The van der Waals surface area contributed by atoms with Gasteiger partial charge in [-0.2, -0.15) is 5.10 Å². The lowest BCUT2D eigenvalue weighted by Crippen LogP contribution is -2.19. The third-order valence-corrected chi connectivity index (χ3v) is 5.27. The summed E-state index contributed by atoms with van der Waals surface area (Å²) in [5.74, 6) is 1.50. The van der Waals surface area contributed by atoms with Crippen molar-refractivity contribution in [1.82, 2.24) is 10.4 Å². The summed E-state index contributed by atoms with van der Waals surface area (Å²) in [6.07, 6.45) is 1.58. The molecule has 0 radical (unpaired) electrons. The number of aromatic nitrogens is 1. The van der Waals surface area contributed by atoms with Gasteiger partial charge in [-0.3, -0.25) is 9.78 Å². The summed E-state index contributed by atoms with van der Waals surface area (Å²) >= 11 is 1.48. The molecule has 6 nitrogen and oxygen atoms in total. The summed E-state index contributed by atoms with van der Waals surface area (Å²) in [5, 5.41) is 5.09. The fraction of sp³-hybridized carbons (Fsp3) is 0.190. The van der Waals surface area contributed by atoms with Crippen LogP contribution in [0.3, 0.4) is 0 Å². The highest BCUT2D eigenvalue weighted by Gasteiger charge is 2.12. The number of fused-ring (bicyclic) bond motifs is 2. The number of hydrogen-bond donors (Lipinski definition) is 1. The normalized spacial score (nSPS) is 12.6. The van der Waals surface area contributed by atoms with E-state index in [0.29, 0.717) is 11.5 Å².